The van der Waals surface area contributed by atoms with Crippen LogP contribution in [0.15, 0.2) is 127 Å². The summed E-state index contributed by atoms with van der Waals surface area (Å²) in [4.78, 5) is 0. The number of benzene rings is 5. The predicted octanol–water partition coefficient (Wildman–Crippen LogP) is 16.0. The third-order valence-corrected chi connectivity index (χ3v) is 13.3. The van der Waals surface area contributed by atoms with Crippen molar-refractivity contribution in [1.29, 1.82) is 0 Å². The summed E-state index contributed by atoms with van der Waals surface area (Å²) in [6.07, 6.45) is 0. The van der Waals surface area contributed by atoms with Gasteiger partial charge in [0.05, 0.1) is 12.7 Å². The van der Waals surface area contributed by atoms with Gasteiger partial charge in [-0.15, -0.1) is 0 Å². The van der Waals surface area contributed by atoms with Crippen molar-refractivity contribution in [2.75, 3.05) is 7.11 Å². The van der Waals surface area contributed by atoms with E-state index in [9.17, 15) is 0 Å². The first-order valence-electron chi connectivity index (χ1n) is 23.3. The lowest BCUT2D eigenvalue weighted by molar-refractivity contribution is -0.706. The number of fused-ring (bicyclic) bond motifs is 2. The van der Waals surface area contributed by atoms with Crippen LogP contribution < -0.4 is 9.42 Å². The molecule has 0 N–H and O–H groups in total. The van der Waals surface area contributed by atoms with E-state index in [0.29, 0.717) is 0 Å². The van der Waals surface area contributed by atoms with Crippen LogP contribution in [0.25, 0.3) is 67.1 Å². The molecule has 0 atom stereocenters. The molecule has 0 fully saturated rings. The summed E-state index contributed by atoms with van der Waals surface area (Å²) in [7, 11) is 1.75. The Morgan fingerprint density at radius 2 is 0.800 bits per heavy atom. The second-order valence-electron chi connectivity index (χ2n) is 23.3. The third kappa shape index (κ3) is 8.44. The van der Waals surface area contributed by atoms with E-state index >= 15 is 4.48 Å². The molecule has 1 aromatic heterocycles. The summed E-state index contributed by atoms with van der Waals surface area (Å²) >= 11 is 0. The molecule has 6 aromatic rings. The zero-order chi connectivity index (χ0) is 47.2. The van der Waals surface area contributed by atoms with Crippen molar-refractivity contribution >= 4 is 5.52 Å². The van der Waals surface area contributed by atoms with Crippen LogP contribution >= 0.6 is 0 Å². The van der Waals surface area contributed by atoms with Crippen LogP contribution in [0.3, 0.4) is 0 Å². The molecule has 65 heavy (non-hydrogen) atoms. The molecule has 2 aliphatic rings. The van der Waals surface area contributed by atoms with Gasteiger partial charge in [-0.2, -0.15) is 0 Å². The topological polar surface area (TPSA) is 22.4 Å². The van der Waals surface area contributed by atoms with Crippen molar-refractivity contribution < 1.29 is 13.9 Å². The molecule has 0 saturated carbocycles. The molecular formula is C60H69FN3O+. The smallest absolute Gasteiger partial charge is 0.177 e. The fraction of sp³-hybridized carbons (Fsp3) is 0.350. The lowest BCUT2D eigenvalue weighted by atomic mass is 9.84. The van der Waals surface area contributed by atoms with Gasteiger partial charge >= 0.3 is 0 Å². The average molecular weight is 867 g/mol. The minimum atomic E-state index is -0.127. The molecular weight excluding hydrogens is 798 g/mol. The van der Waals surface area contributed by atoms with Crippen molar-refractivity contribution in [1.82, 2.24) is 9.53 Å². The summed E-state index contributed by atoms with van der Waals surface area (Å²) in [5, 5.41) is 0.851. The molecule has 0 saturated heterocycles. The molecule has 0 unspecified atom stereocenters. The van der Waals surface area contributed by atoms with E-state index < -0.39 is 0 Å². The number of ether oxygens (including phenoxy) is 1. The van der Waals surface area contributed by atoms with Gasteiger partial charge in [0.15, 0.2) is 22.6 Å². The highest BCUT2D eigenvalue weighted by atomic mass is 19.2. The van der Waals surface area contributed by atoms with Crippen LogP contribution in [-0.4, -0.2) is 16.6 Å². The number of nitrogens with zero attached hydrogens (tertiary/aromatic N) is 3. The van der Waals surface area contributed by atoms with Crippen molar-refractivity contribution in [2.24, 2.45) is 0 Å². The Hall–Kier alpha value is -5.94. The standard InChI is InChI=1S/C60H69FN3O/c1-56(2,3)42-25-17-38(18-26-42)48-36-50(40-21-29-44(30-22-40)58(7,8)9)62-54(48)53(47-34-33-46(60(13,14)15)35-52(47)65-16)55-49(39-19-27-43(28-20-39)57(4,5)6)37-51(63(55)64(62)61)41-23-31-45(32-24-41)59(10,11)12/h17-37H,1-16H3/q+1. The molecule has 0 spiro atoms. The molecule has 0 radical (unpaired) electrons. The SMILES string of the molecule is COc1cc(C(C)(C)C)ccc1-c1c2c(-c3ccc(C(C)(C)C)cc3)cc(-c3ccc(C(C)(C)C)cc3)[n+]-2n(F)n2c(-c3ccc(C(C)(C)C)cc3)cc(-c3ccc(C(C)(C)C)cc3)c12. The normalized spacial score (nSPS) is 13.0. The Morgan fingerprint density at radius 1 is 0.415 bits per heavy atom. The van der Waals surface area contributed by atoms with Crippen molar-refractivity contribution in [3.05, 3.63) is 155 Å². The van der Waals surface area contributed by atoms with Gasteiger partial charge in [0, 0.05) is 39.9 Å². The van der Waals surface area contributed by atoms with Gasteiger partial charge in [-0.05, 0) is 76.6 Å². The van der Waals surface area contributed by atoms with Gasteiger partial charge in [0.25, 0.3) is 0 Å². The Morgan fingerprint density at radius 3 is 1.22 bits per heavy atom. The van der Waals surface area contributed by atoms with E-state index in [1.54, 1.807) is 16.3 Å². The highest BCUT2D eigenvalue weighted by Crippen LogP contribution is 2.48. The van der Waals surface area contributed by atoms with E-state index in [0.717, 1.165) is 83.4 Å². The molecule has 0 bridgehead atoms. The number of aromatic nitrogens is 3. The van der Waals surface area contributed by atoms with Crippen molar-refractivity contribution in [3.63, 3.8) is 0 Å². The predicted molar refractivity (Wildman–Crippen MR) is 272 cm³/mol. The van der Waals surface area contributed by atoms with Crippen molar-refractivity contribution in [3.8, 4) is 67.3 Å². The lowest BCUT2D eigenvalue weighted by Gasteiger charge is -2.22. The second-order valence-corrected chi connectivity index (χ2v) is 23.3. The molecule has 8 rings (SSSR count). The molecule has 4 nitrogen and oxygen atoms in total. The van der Waals surface area contributed by atoms with Crippen LogP contribution in [0, 0.1) is 0 Å². The first kappa shape index (κ1) is 45.6. The minimum absolute atomic E-state index is 0.0341. The van der Waals surface area contributed by atoms with Gasteiger partial charge in [-0.25, -0.2) is 0 Å². The highest BCUT2D eigenvalue weighted by molar-refractivity contribution is 6.02. The Balaban J connectivity index is 1.60. The first-order chi connectivity index (χ1) is 30.3. The minimum Gasteiger partial charge on any atom is -0.496 e. The Labute approximate surface area is 388 Å². The maximum Gasteiger partial charge on any atom is 0.177 e. The number of hydrogen-bond donors (Lipinski definition) is 0. The zero-order valence-corrected chi connectivity index (χ0v) is 41.8. The zero-order valence-electron chi connectivity index (χ0n) is 41.8. The lowest BCUT2D eigenvalue weighted by Crippen LogP contribution is -2.45. The number of halogens is 1. The largest absolute Gasteiger partial charge is 0.496 e. The molecule has 0 amide bonds. The van der Waals surface area contributed by atoms with Gasteiger partial charge < -0.3 is 4.74 Å². The molecule has 336 valence electrons. The number of rotatable bonds is 6. The summed E-state index contributed by atoms with van der Waals surface area (Å²) < 4.78 is 28.9. The molecule has 2 aliphatic heterocycles. The van der Waals surface area contributed by atoms with Crippen LogP contribution in [0.1, 0.15) is 132 Å². The molecule has 0 aliphatic carbocycles. The van der Waals surface area contributed by atoms with Gasteiger partial charge in [0.1, 0.15) is 10.8 Å². The fourth-order valence-corrected chi connectivity index (χ4v) is 9.08. The van der Waals surface area contributed by atoms with E-state index in [2.05, 4.69) is 231 Å². The van der Waals surface area contributed by atoms with Crippen LogP contribution in [0.4, 0.5) is 4.48 Å². The van der Waals surface area contributed by atoms with E-state index in [1.807, 2.05) is 0 Å². The van der Waals surface area contributed by atoms with Crippen LogP contribution in [-0.2, 0) is 27.1 Å². The Kier molecular flexibility index (Phi) is 11.2. The monoisotopic (exact) mass is 867 g/mol. The van der Waals surface area contributed by atoms with Crippen LogP contribution in [0.2, 0.25) is 0 Å². The second kappa shape index (κ2) is 15.9. The van der Waals surface area contributed by atoms with E-state index in [1.165, 1.54) is 22.3 Å². The van der Waals surface area contributed by atoms with Crippen LogP contribution in [0.5, 0.6) is 5.75 Å². The maximum atomic E-state index is 18.9. The fourth-order valence-electron chi connectivity index (χ4n) is 9.08. The molecule has 3 heterocycles. The maximum absolute atomic E-state index is 18.9. The summed E-state index contributed by atoms with van der Waals surface area (Å²) in [5.74, 6) is 0.732. The van der Waals surface area contributed by atoms with E-state index in [-0.39, 0.29) is 27.1 Å². The van der Waals surface area contributed by atoms with Gasteiger partial charge in [-0.3, -0.25) is 0 Å². The Bertz CT molecular complexity index is 2980. The summed E-state index contributed by atoms with van der Waals surface area (Å²) in [6, 6.07) is 45.9. The van der Waals surface area contributed by atoms with Gasteiger partial charge in [0.2, 0.25) is 0 Å². The first-order valence-corrected chi connectivity index (χ1v) is 23.3. The highest BCUT2D eigenvalue weighted by Gasteiger charge is 2.39. The van der Waals surface area contributed by atoms with E-state index in [4.69, 9.17) is 4.74 Å². The van der Waals surface area contributed by atoms with Gasteiger partial charge in [-0.1, -0.05) is 222 Å². The quantitative estimate of drug-likeness (QED) is 0.153. The third-order valence-electron chi connectivity index (χ3n) is 13.3. The number of hydrogen-bond acceptors (Lipinski definition) is 1. The van der Waals surface area contributed by atoms with Crippen molar-refractivity contribution in [2.45, 2.75) is 131 Å². The molecule has 5 heteroatoms. The summed E-state index contributed by atoms with van der Waals surface area (Å²) in [5.41, 5.74) is 16.2. The summed E-state index contributed by atoms with van der Waals surface area (Å²) in [6.45, 7) is 33.4. The number of methoxy groups -OCH3 is 1. The molecule has 5 aromatic carbocycles. The average Bonchev–Trinajstić information content (AvgIpc) is 3.84.